The van der Waals surface area contributed by atoms with Crippen LogP contribution in [0.1, 0.15) is 26.2 Å². The average molecular weight is 186 g/mol. The van der Waals surface area contributed by atoms with E-state index in [4.69, 9.17) is 9.47 Å². The number of hydrogen-bond acceptors (Lipinski definition) is 3. The zero-order chi connectivity index (χ0) is 10.1. The Hall–Kier alpha value is -0.830. The third-order valence-electron chi connectivity index (χ3n) is 1.79. The van der Waals surface area contributed by atoms with Gasteiger partial charge < -0.3 is 9.47 Å². The molecule has 0 amide bonds. The highest BCUT2D eigenvalue weighted by Crippen LogP contribution is 2.05. The number of carbonyl (C=O) groups excluding carboxylic acids is 1. The van der Waals surface area contributed by atoms with Gasteiger partial charge in [0.25, 0.3) is 0 Å². The molecule has 0 bridgehead atoms. The normalized spacial score (nSPS) is 12.2. The first-order chi connectivity index (χ1) is 6.24. The molecule has 0 aromatic rings. The Morgan fingerprint density at radius 1 is 1.54 bits per heavy atom. The van der Waals surface area contributed by atoms with E-state index in [0.717, 1.165) is 19.3 Å². The van der Waals surface area contributed by atoms with E-state index in [0.29, 0.717) is 6.61 Å². The zero-order valence-electron chi connectivity index (χ0n) is 8.41. The van der Waals surface area contributed by atoms with Gasteiger partial charge in [-0.15, -0.1) is 0 Å². The molecule has 13 heavy (non-hydrogen) atoms. The Labute approximate surface area is 79.7 Å². The molecule has 0 spiro atoms. The van der Waals surface area contributed by atoms with Gasteiger partial charge in [0.2, 0.25) is 0 Å². The fraction of sp³-hybridized carbons (Fsp3) is 0.700. The minimum absolute atomic E-state index is 0.197. The topological polar surface area (TPSA) is 35.5 Å². The van der Waals surface area contributed by atoms with Crippen molar-refractivity contribution in [2.45, 2.75) is 32.3 Å². The molecule has 0 heterocycles. The molecule has 0 saturated heterocycles. The summed E-state index contributed by atoms with van der Waals surface area (Å²) in [6.45, 7) is 5.81. The van der Waals surface area contributed by atoms with Crippen molar-refractivity contribution < 1.29 is 14.3 Å². The lowest BCUT2D eigenvalue weighted by molar-refractivity contribution is -0.138. The van der Waals surface area contributed by atoms with Crippen molar-refractivity contribution in [3.8, 4) is 0 Å². The molecule has 0 saturated carbocycles. The molecule has 0 N–H and O–H groups in total. The first-order valence-electron chi connectivity index (χ1n) is 4.56. The molecule has 0 aliphatic heterocycles. The largest absolute Gasteiger partial charge is 0.462 e. The zero-order valence-corrected chi connectivity index (χ0v) is 8.41. The highest BCUT2D eigenvalue weighted by atomic mass is 16.5. The van der Waals surface area contributed by atoms with Crippen LogP contribution in [0.5, 0.6) is 0 Å². The standard InChI is InChI=1S/C10H18O3/c1-4-6-9(12-3)7-8-13-10(11)5-2/h5,9H,2,4,6-8H2,1,3H3. The molecule has 0 aliphatic rings. The van der Waals surface area contributed by atoms with Crippen LogP contribution in [-0.2, 0) is 14.3 Å². The Morgan fingerprint density at radius 3 is 2.69 bits per heavy atom. The lowest BCUT2D eigenvalue weighted by Gasteiger charge is -2.13. The van der Waals surface area contributed by atoms with Crippen molar-refractivity contribution in [3.63, 3.8) is 0 Å². The van der Waals surface area contributed by atoms with E-state index in [9.17, 15) is 4.79 Å². The van der Waals surface area contributed by atoms with Crippen LogP contribution in [0.3, 0.4) is 0 Å². The van der Waals surface area contributed by atoms with E-state index in [1.54, 1.807) is 7.11 Å². The van der Waals surface area contributed by atoms with Gasteiger partial charge in [-0.2, -0.15) is 0 Å². The summed E-state index contributed by atoms with van der Waals surface area (Å²) in [5, 5.41) is 0. The van der Waals surface area contributed by atoms with Gasteiger partial charge in [0.1, 0.15) is 0 Å². The second-order valence-electron chi connectivity index (χ2n) is 2.81. The molecule has 3 heteroatoms. The van der Waals surface area contributed by atoms with Crippen molar-refractivity contribution in [3.05, 3.63) is 12.7 Å². The molecular formula is C10H18O3. The highest BCUT2D eigenvalue weighted by molar-refractivity contribution is 5.81. The Balaban J connectivity index is 3.48. The summed E-state index contributed by atoms with van der Waals surface area (Å²) in [5.74, 6) is -0.369. The van der Waals surface area contributed by atoms with Crippen molar-refractivity contribution in [1.29, 1.82) is 0 Å². The Morgan fingerprint density at radius 2 is 2.23 bits per heavy atom. The molecule has 0 rings (SSSR count). The predicted molar refractivity (Wildman–Crippen MR) is 51.5 cm³/mol. The van der Waals surface area contributed by atoms with Crippen molar-refractivity contribution >= 4 is 5.97 Å². The molecule has 0 aromatic carbocycles. The summed E-state index contributed by atoms with van der Waals surface area (Å²) in [7, 11) is 1.68. The Bertz CT molecular complexity index is 154. The van der Waals surface area contributed by atoms with Crippen LogP contribution in [0.15, 0.2) is 12.7 Å². The van der Waals surface area contributed by atoms with Gasteiger partial charge in [0.05, 0.1) is 12.7 Å². The summed E-state index contributed by atoms with van der Waals surface area (Å²) in [6.07, 6.45) is 4.20. The number of ether oxygens (including phenoxy) is 2. The Kier molecular flexibility index (Phi) is 7.30. The van der Waals surface area contributed by atoms with Crippen LogP contribution in [0.4, 0.5) is 0 Å². The summed E-state index contributed by atoms with van der Waals surface area (Å²) in [5.41, 5.74) is 0. The minimum Gasteiger partial charge on any atom is -0.462 e. The van der Waals surface area contributed by atoms with Gasteiger partial charge in [0, 0.05) is 19.6 Å². The van der Waals surface area contributed by atoms with Gasteiger partial charge in [-0.3, -0.25) is 0 Å². The van der Waals surface area contributed by atoms with E-state index in [1.807, 2.05) is 0 Å². The van der Waals surface area contributed by atoms with E-state index < -0.39 is 0 Å². The average Bonchev–Trinajstić information content (AvgIpc) is 2.16. The van der Waals surface area contributed by atoms with Gasteiger partial charge in [-0.05, 0) is 6.42 Å². The third kappa shape index (κ3) is 6.34. The van der Waals surface area contributed by atoms with Crippen LogP contribution in [0.25, 0.3) is 0 Å². The third-order valence-corrected chi connectivity index (χ3v) is 1.79. The summed E-state index contributed by atoms with van der Waals surface area (Å²) < 4.78 is 10.0. The van der Waals surface area contributed by atoms with Gasteiger partial charge >= 0.3 is 5.97 Å². The van der Waals surface area contributed by atoms with Crippen molar-refractivity contribution in [1.82, 2.24) is 0 Å². The molecule has 0 fully saturated rings. The molecule has 76 valence electrons. The maximum atomic E-state index is 10.7. The van der Waals surface area contributed by atoms with Crippen molar-refractivity contribution in [2.75, 3.05) is 13.7 Å². The number of methoxy groups -OCH3 is 1. The first-order valence-corrected chi connectivity index (χ1v) is 4.56. The monoisotopic (exact) mass is 186 g/mol. The molecule has 0 aromatic heterocycles. The molecule has 3 nitrogen and oxygen atoms in total. The molecule has 0 aliphatic carbocycles. The second kappa shape index (κ2) is 7.80. The number of esters is 1. The van der Waals surface area contributed by atoms with Crippen LogP contribution in [-0.4, -0.2) is 25.8 Å². The SMILES string of the molecule is C=CC(=O)OCCC(CCC)OC. The van der Waals surface area contributed by atoms with E-state index >= 15 is 0 Å². The van der Waals surface area contributed by atoms with Crippen LogP contribution in [0, 0.1) is 0 Å². The van der Waals surface area contributed by atoms with Gasteiger partial charge in [-0.25, -0.2) is 4.79 Å². The smallest absolute Gasteiger partial charge is 0.330 e. The lowest BCUT2D eigenvalue weighted by atomic mass is 10.1. The molecule has 1 unspecified atom stereocenters. The fourth-order valence-corrected chi connectivity index (χ4v) is 1.05. The highest BCUT2D eigenvalue weighted by Gasteiger charge is 2.06. The fourth-order valence-electron chi connectivity index (χ4n) is 1.05. The molecule has 1 atom stereocenters. The summed E-state index contributed by atoms with van der Waals surface area (Å²) in [4.78, 5) is 10.7. The van der Waals surface area contributed by atoms with Crippen molar-refractivity contribution in [2.24, 2.45) is 0 Å². The number of hydrogen-bond donors (Lipinski definition) is 0. The van der Waals surface area contributed by atoms with E-state index in [2.05, 4.69) is 13.5 Å². The quantitative estimate of drug-likeness (QED) is 0.450. The lowest BCUT2D eigenvalue weighted by Crippen LogP contribution is -2.14. The summed E-state index contributed by atoms with van der Waals surface area (Å²) in [6, 6.07) is 0. The van der Waals surface area contributed by atoms with Crippen LogP contribution >= 0.6 is 0 Å². The maximum absolute atomic E-state index is 10.7. The molecule has 0 radical (unpaired) electrons. The predicted octanol–water partition coefficient (Wildman–Crippen LogP) is 1.92. The molecular weight excluding hydrogens is 168 g/mol. The first kappa shape index (κ1) is 12.2. The van der Waals surface area contributed by atoms with E-state index in [-0.39, 0.29) is 12.1 Å². The van der Waals surface area contributed by atoms with Gasteiger partial charge in [-0.1, -0.05) is 19.9 Å². The maximum Gasteiger partial charge on any atom is 0.330 e. The van der Waals surface area contributed by atoms with Crippen LogP contribution < -0.4 is 0 Å². The van der Waals surface area contributed by atoms with Gasteiger partial charge in [0.15, 0.2) is 0 Å². The summed E-state index contributed by atoms with van der Waals surface area (Å²) >= 11 is 0. The van der Waals surface area contributed by atoms with Crippen LogP contribution in [0.2, 0.25) is 0 Å². The van der Waals surface area contributed by atoms with E-state index in [1.165, 1.54) is 6.08 Å². The number of rotatable bonds is 7. The minimum atomic E-state index is -0.369. The second-order valence-corrected chi connectivity index (χ2v) is 2.81. The number of carbonyl (C=O) groups is 1.